The van der Waals surface area contributed by atoms with Crippen molar-refractivity contribution in [3.8, 4) is 44.6 Å². The van der Waals surface area contributed by atoms with Crippen LogP contribution in [0.1, 0.15) is 26.3 Å². The first-order valence-corrected chi connectivity index (χ1v) is 12.9. The van der Waals surface area contributed by atoms with Crippen molar-refractivity contribution in [2.45, 2.75) is 26.2 Å². The molecule has 0 spiro atoms. The third-order valence-corrected chi connectivity index (χ3v) is 7.02. The van der Waals surface area contributed by atoms with Gasteiger partial charge in [-0.3, -0.25) is 15.0 Å². The van der Waals surface area contributed by atoms with E-state index in [-0.39, 0.29) is 5.41 Å². The Morgan fingerprint density at radius 3 is 1.84 bits per heavy atom. The minimum absolute atomic E-state index is 0.0625. The normalized spacial score (nSPS) is 11.6. The second-order valence-corrected chi connectivity index (χ2v) is 10.6. The van der Waals surface area contributed by atoms with Crippen molar-refractivity contribution in [2.75, 3.05) is 0 Å². The van der Waals surface area contributed by atoms with E-state index < -0.39 is 0 Å². The van der Waals surface area contributed by atoms with Gasteiger partial charge in [-0.2, -0.15) is 0 Å². The molecule has 4 aromatic carbocycles. The predicted molar refractivity (Wildman–Crippen MR) is 158 cm³/mol. The minimum atomic E-state index is 0.0625. The van der Waals surface area contributed by atoms with Gasteiger partial charge in [-0.25, -0.2) is 0 Å². The number of hydrogen-bond acceptors (Lipinski definition) is 3. The molecule has 0 aliphatic carbocycles. The van der Waals surface area contributed by atoms with Crippen LogP contribution in [0.3, 0.4) is 0 Å². The number of rotatable bonds is 4. The summed E-state index contributed by atoms with van der Waals surface area (Å²) in [6, 6.07) is 36.2. The van der Waals surface area contributed by atoms with Gasteiger partial charge in [0.15, 0.2) is 0 Å². The molecule has 38 heavy (non-hydrogen) atoms. The number of pyridine rings is 1. The number of fused-ring (bicyclic) bond motifs is 1. The summed E-state index contributed by atoms with van der Waals surface area (Å²) in [6.07, 6.45) is 5.46. The van der Waals surface area contributed by atoms with Crippen LogP contribution in [0.4, 0.5) is 0 Å². The number of nitrogens with zero attached hydrogens (tertiary/aromatic N) is 3. The van der Waals surface area contributed by atoms with Crippen molar-refractivity contribution in [3.63, 3.8) is 0 Å². The monoisotopic (exact) mass is 491 g/mol. The molecule has 184 valence electrons. The molecule has 3 nitrogen and oxygen atoms in total. The molecule has 6 rings (SSSR count). The number of benzene rings is 4. The van der Waals surface area contributed by atoms with E-state index in [4.69, 9.17) is 9.97 Å². The van der Waals surface area contributed by atoms with E-state index in [1.54, 1.807) is 12.4 Å². The van der Waals surface area contributed by atoms with Gasteiger partial charge in [0, 0.05) is 35.3 Å². The molecule has 0 saturated carbocycles. The summed E-state index contributed by atoms with van der Waals surface area (Å²) in [4.78, 5) is 14.3. The molecule has 2 aromatic heterocycles. The molecule has 0 radical (unpaired) electrons. The Hall–Kier alpha value is -4.63. The molecule has 0 unspecified atom stereocenters. The van der Waals surface area contributed by atoms with Gasteiger partial charge in [-0.15, -0.1) is 0 Å². The van der Waals surface area contributed by atoms with Gasteiger partial charge in [0.05, 0.1) is 16.7 Å². The molecule has 2 heterocycles. The fraction of sp³-hybridized carbons (Fsp3) is 0.114. The smallest absolute Gasteiger partial charge is 0.0971 e. The summed E-state index contributed by atoms with van der Waals surface area (Å²) in [7, 11) is 0. The molecular weight excluding hydrogens is 462 g/mol. The van der Waals surface area contributed by atoms with Crippen LogP contribution in [0.15, 0.2) is 122 Å². The van der Waals surface area contributed by atoms with Gasteiger partial charge in [0.25, 0.3) is 0 Å². The van der Waals surface area contributed by atoms with Crippen LogP contribution >= 0.6 is 0 Å². The Morgan fingerprint density at radius 2 is 1.08 bits per heavy atom. The third kappa shape index (κ3) is 4.48. The van der Waals surface area contributed by atoms with Gasteiger partial charge in [0.2, 0.25) is 0 Å². The van der Waals surface area contributed by atoms with Crippen LogP contribution in [0.5, 0.6) is 0 Å². The lowest BCUT2D eigenvalue weighted by Gasteiger charge is -2.19. The summed E-state index contributed by atoms with van der Waals surface area (Å²) < 4.78 is 0. The third-order valence-electron chi connectivity index (χ3n) is 7.02. The maximum atomic E-state index is 4.82. The average Bonchev–Trinajstić information content (AvgIpc) is 2.97. The fourth-order valence-electron chi connectivity index (χ4n) is 5.00. The van der Waals surface area contributed by atoms with E-state index in [1.807, 2.05) is 12.3 Å². The van der Waals surface area contributed by atoms with E-state index >= 15 is 0 Å². The number of hydrogen-bond donors (Lipinski definition) is 0. The van der Waals surface area contributed by atoms with Gasteiger partial charge >= 0.3 is 0 Å². The lowest BCUT2D eigenvalue weighted by molar-refractivity contribution is 0.589. The SMILES string of the molecule is CC(C)(C)c1ccnc(-c2cccc(-c3ccc(-c4ccccc4-c4ccccc4)c4nccnc34)c2)c1. The fourth-order valence-corrected chi connectivity index (χ4v) is 5.00. The summed E-state index contributed by atoms with van der Waals surface area (Å²) in [5, 5.41) is 0. The summed E-state index contributed by atoms with van der Waals surface area (Å²) >= 11 is 0. The highest BCUT2D eigenvalue weighted by Crippen LogP contribution is 2.38. The zero-order valence-corrected chi connectivity index (χ0v) is 21.9. The van der Waals surface area contributed by atoms with E-state index in [0.717, 1.165) is 44.5 Å². The first-order valence-electron chi connectivity index (χ1n) is 12.9. The standard InChI is InChI=1S/C35H29N3/c1-35(2,3)27-18-19-36-32(23-27)26-13-9-12-25(22-26)29-16-17-31(34-33(29)37-20-21-38-34)30-15-8-7-14-28(30)24-10-5-4-6-11-24/h4-23H,1-3H3. The van der Waals surface area contributed by atoms with Crippen LogP contribution < -0.4 is 0 Å². The molecule has 6 aromatic rings. The van der Waals surface area contributed by atoms with Crippen LogP contribution in [0, 0.1) is 0 Å². The van der Waals surface area contributed by atoms with Gasteiger partial charge in [-0.05, 0) is 51.4 Å². The first-order chi connectivity index (χ1) is 18.5. The van der Waals surface area contributed by atoms with E-state index in [9.17, 15) is 0 Å². The quantitative estimate of drug-likeness (QED) is 0.247. The van der Waals surface area contributed by atoms with Crippen LogP contribution in [0.25, 0.3) is 55.7 Å². The largest absolute Gasteiger partial charge is 0.256 e. The molecule has 0 aliphatic heterocycles. The highest BCUT2D eigenvalue weighted by molar-refractivity contribution is 6.03. The maximum absolute atomic E-state index is 4.82. The highest BCUT2D eigenvalue weighted by atomic mass is 14.8. The Balaban J connectivity index is 1.49. The first kappa shape index (κ1) is 23.7. The molecule has 0 N–H and O–H groups in total. The second kappa shape index (κ2) is 9.68. The zero-order chi connectivity index (χ0) is 26.1. The Bertz CT molecular complexity index is 1750. The van der Waals surface area contributed by atoms with Crippen LogP contribution in [0.2, 0.25) is 0 Å². The van der Waals surface area contributed by atoms with Crippen LogP contribution in [-0.2, 0) is 5.41 Å². The molecular formula is C35H29N3. The molecule has 0 aliphatic rings. The lowest BCUT2D eigenvalue weighted by atomic mass is 9.87. The lowest BCUT2D eigenvalue weighted by Crippen LogP contribution is -2.11. The van der Waals surface area contributed by atoms with Gasteiger partial charge < -0.3 is 0 Å². The summed E-state index contributed by atoms with van der Waals surface area (Å²) in [5.74, 6) is 0. The molecule has 0 fully saturated rings. The summed E-state index contributed by atoms with van der Waals surface area (Å²) in [6.45, 7) is 6.68. The minimum Gasteiger partial charge on any atom is -0.256 e. The zero-order valence-electron chi connectivity index (χ0n) is 21.9. The topological polar surface area (TPSA) is 38.7 Å². The van der Waals surface area contributed by atoms with E-state index in [1.165, 1.54) is 16.7 Å². The van der Waals surface area contributed by atoms with E-state index in [2.05, 4.69) is 123 Å². The van der Waals surface area contributed by atoms with Crippen LogP contribution in [-0.4, -0.2) is 15.0 Å². The molecule has 0 amide bonds. The maximum Gasteiger partial charge on any atom is 0.0971 e. The molecule has 3 heteroatoms. The molecule has 0 atom stereocenters. The summed E-state index contributed by atoms with van der Waals surface area (Å²) in [5.41, 5.74) is 11.9. The Labute approximate surface area is 223 Å². The molecule has 0 saturated heterocycles. The Kier molecular flexibility index (Phi) is 6.05. The highest BCUT2D eigenvalue weighted by Gasteiger charge is 2.17. The number of aromatic nitrogens is 3. The second-order valence-electron chi connectivity index (χ2n) is 10.6. The predicted octanol–water partition coefficient (Wildman–Crippen LogP) is 8.99. The van der Waals surface area contributed by atoms with Gasteiger partial charge in [0.1, 0.15) is 0 Å². The van der Waals surface area contributed by atoms with Gasteiger partial charge in [-0.1, -0.05) is 106 Å². The van der Waals surface area contributed by atoms with Crippen molar-refractivity contribution >= 4 is 11.0 Å². The van der Waals surface area contributed by atoms with Crippen molar-refractivity contribution in [1.29, 1.82) is 0 Å². The van der Waals surface area contributed by atoms with Crippen molar-refractivity contribution in [3.05, 3.63) is 127 Å². The average molecular weight is 492 g/mol. The van der Waals surface area contributed by atoms with Crippen molar-refractivity contribution < 1.29 is 0 Å². The molecule has 0 bridgehead atoms. The Morgan fingerprint density at radius 1 is 0.447 bits per heavy atom. The van der Waals surface area contributed by atoms with Crippen molar-refractivity contribution in [1.82, 2.24) is 15.0 Å². The van der Waals surface area contributed by atoms with E-state index in [0.29, 0.717) is 0 Å². The van der Waals surface area contributed by atoms with Crippen molar-refractivity contribution in [2.24, 2.45) is 0 Å².